The molecule has 3 N–H and O–H groups in total. The van der Waals surface area contributed by atoms with E-state index in [-0.39, 0.29) is 18.9 Å². The maximum Gasteiger partial charge on any atom is 0.407 e. The molecule has 3 rings (SSSR count). The third-order valence-corrected chi connectivity index (χ3v) is 5.74. The summed E-state index contributed by atoms with van der Waals surface area (Å²) in [6.45, 7) is 5.58. The minimum Gasteiger partial charge on any atom is -0.480 e. The van der Waals surface area contributed by atoms with Gasteiger partial charge in [0.2, 0.25) is 5.91 Å². The van der Waals surface area contributed by atoms with Gasteiger partial charge in [0.1, 0.15) is 18.7 Å². The second-order valence-corrected chi connectivity index (χ2v) is 8.35. The highest BCUT2D eigenvalue weighted by molar-refractivity contribution is 5.89. The van der Waals surface area contributed by atoms with Crippen LogP contribution in [0, 0.1) is 0 Å². The van der Waals surface area contributed by atoms with Crippen molar-refractivity contribution in [1.29, 1.82) is 0 Å². The number of alkyl carbamates (subject to hydrolysis) is 1. The lowest BCUT2D eigenvalue weighted by molar-refractivity contribution is -0.142. The number of carbonyl (C=O) groups excluding carboxylic acids is 2. The number of carboxylic acid groups (broad SMARTS) is 1. The van der Waals surface area contributed by atoms with E-state index in [0.29, 0.717) is 6.42 Å². The Kier molecular flexibility index (Phi) is 7.87. The molecule has 0 saturated carbocycles. The number of carboxylic acids is 1. The fraction of sp³-hybridized carbons (Fsp3) is 0.346. The highest BCUT2D eigenvalue weighted by Gasteiger charge is 2.30. The predicted molar refractivity (Wildman–Crippen MR) is 126 cm³/mol. The van der Waals surface area contributed by atoms with Crippen LogP contribution in [-0.4, -0.2) is 41.8 Å². The van der Waals surface area contributed by atoms with Crippen LogP contribution in [0.1, 0.15) is 50.7 Å². The van der Waals surface area contributed by atoms with E-state index < -0.39 is 30.1 Å². The lowest BCUT2D eigenvalue weighted by Gasteiger charge is -2.20. The Morgan fingerprint density at radius 2 is 1.55 bits per heavy atom. The van der Waals surface area contributed by atoms with E-state index in [9.17, 15) is 19.5 Å². The number of allylic oxidation sites excluding steroid dienone is 1. The van der Waals surface area contributed by atoms with Crippen LogP contribution in [0.15, 0.2) is 60.2 Å². The summed E-state index contributed by atoms with van der Waals surface area (Å²) in [6, 6.07) is 14.1. The van der Waals surface area contributed by atoms with Gasteiger partial charge < -0.3 is 20.5 Å². The Morgan fingerprint density at radius 1 is 0.970 bits per heavy atom. The molecule has 2 aromatic carbocycles. The van der Waals surface area contributed by atoms with Gasteiger partial charge in [-0.05, 0) is 48.9 Å². The fourth-order valence-electron chi connectivity index (χ4n) is 3.98. The van der Waals surface area contributed by atoms with Gasteiger partial charge in [0, 0.05) is 5.92 Å². The molecule has 0 aliphatic heterocycles. The molecule has 7 nitrogen and oxygen atoms in total. The Hall–Kier alpha value is -3.61. The summed E-state index contributed by atoms with van der Waals surface area (Å²) in [4.78, 5) is 36.6. The Bertz CT molecular complexity index is 1010. The largest absolute Gasteiger partial charge is 0.480 e. The topological polar surface area (TPSA) is 105 Å². The van der Waals surface area contributed by atoms with Gasteiger partial charge in [-0.3, -0.25) is 4.79 Å². The maximum atomic E-state index is 12.6. The molecule has 2 aromatic rings. The lowest BCUT2D eigenvalue weighted by atomic mass is 9.98. The Balaban J connectivity index is 1.61. The van der Waals surface area contributed by atoms with Crippen LogP contribution in [0.3, 0.4) is 0 Å². The van der Waals surface area contributed by atoms with E-state index in [0.717, 1.165) is 27.8 Å². The minimum absolute atomic E-state index is 0.0856. The molecular weight excluding hydrogens is 420 g/mol. The van der Waals surface area contributed by atoms with Gasteiger partial charge in [-0.2, -0.15) is 0 Å². The van der Waals surface area contributed by atoms with Crippen LogP contribution in [0.5, 0.6) is 0 Å². The molecular formula is C26H30N2O5. The standard InChI is InChI=1S/C26H30N2O5/c1-4-22(24(29)27-23(25(30)31)14-13-16(2)3)28-26(32)33-15-21-19-11-7-5-9-17(19)18-10-6-8-12-20(18)21/h5-13,21-23H,4,14-15H2,1-3H3,(H,27,29)(H,28,32)(H,30,31)/t22-,23?/m1/s1. The van der Waals surface area contributed by atoms with Crippen LogP contribution in [0.2, 0.25) is 0 Å². The number of rotatable bonds is 9. The second-order valence-electron chi connectivity index (χ2n) is 8.35. The molecule has 33 heavy (non-hydrogen) atoms. The first kappa shape index (κ1) is 24.0. The van der Waals surface area contributed by atoms with Gasteiger partial charge >= 0.3 is 12.1 Å². The molecule has 0 radical (unpaired) electrons. The number of benzene rings is 2. The van der Waals surface area contributed by atoms with Gasteiger partial charge in [-0.15, -0.1) is 0 Å². The monoisotopic (exact) mass is 450 g/mol. The van der Waals surface area contributed by atoms with E-state index >= 15 is 0 Å². The lowest BCUT2D eigenvalue weighted by Crippen LogP contribution is -2.51. The molecule has 0 heterocycles. The number of carbonyl (C=O) groups is 3. The van der Waals surface area contributed by atoms with E-state index in [1.54, 1.807) is 13.0 Å². The SMILES string of the molecule is CC[C@@H](NC(=O)OCC1c2ccccc2-c2ccccc21)C(=O)NC(CC=C(C)C)C(=O)O. The van der Waals surface area contributed by atoms with Gasteiger partial charge in [-0.1, -0.05) is 67.1 Å². The molecule has 0 fully saturated rings. The molecule has 1 unspecified atom stereocenters. The number of fused-ring (bicyclic) bond motifs is 3. The third-order valence-electron chi connectivity index (χ3n) is 5.74. The van der Waals surface area contributed by atoms with Crippen molar-refractivity contribution in [3.05, 3.63) is 71.3 Å². The quantitative estimate of drug-likeness (QED) is 0.496. The average molecular weight is 451 g/mol. The Labute approximate surface area is 193 Å². The van der Waals surface area contributed by atoms with Gasteiger partial charge in [0.25, 0.3) is 0 Å². The number of hydrogen-bond acceptors (Lipinski definition) is 4. The molecule has 0 aromatic heterocycles. The molecule has 174 valence electrons. The zero-order chi connectivity index (χ0) is 24.0. The summed E-state index contributed by atoms with van der Waals surface area (Å²) in [7, 11) is 0. The molecule has 0 spiro atoms. The summed E-state index contributed by atoms with van der Waals surface area (Å²) in [5.41, 5.74) is 5.41. The van der Waals surface area contributed by atoms with Gasteiger partial charge in [0.05, 0.1) is 0 Å². The van der Waals surface area contributed by atoms with E-state index in [1.165, 1.54) is 0 Å². The minimum atomic E-state index is -1.13. The first-order chi connectivity index (χ1) is 15.8. The second kappa shape index (κ2) is 10.8. The van der Waals surface area contributed by atoms with Crippen molar-refractivity contribution >= 4 is 18.0 Å². The van der Waals surface area contributed by atoms with E-state index in [1.807, 2.05) is 50.2 Å². The van der Waals surface area contributed by atoms with Crippen molar-refractivity contribution < 1.29 is 24.2 Å². The normalized spacial score (nSPS) is 13.8. The van der Waals surface area contributed by atoms with Crippen LogP contribution < -0.4 is 10.6 Å². The predicted octanol–water partition coefficient (Wildman–Crippen LogP) is 4.23. The summed E-state index contributed by atoms with van der Waals surface area (Å²) >= 11 is 0. The number of ether oxygens (including phenoxy) is 1. The van der Waals surface area contributed by atoms with E-state index in [4.69, 9.17) is 4.74 Å². The van der Waals surface area contributed by atoms with Crippen LogP contribution in [0.25, 0.3) is 11.1 Å². The molecule has 0 saturated heterocycles. The summed E-state index contributed by atoms with van der Waals surface area (Å²) in [6.07, 6.45) is 1.50. The molecule has 0 bridgehead atoms. The average Bonchev–Trinajstić information content (AvgIpc) is 3.12. The maximum absolute atomic E-state index is 12.6. The molecule has 1 aliphatic rings. The first-order valence-electron chi connectivity index (χ1n) is 11.1. The third kappa shape index (κ3) is 5.80. The van der Waals surface area contributed by atoms with Crippen LogP contribution in [-0.2, 0) is 14.3 Å². The van der Waals surface area contributed by atoms with Crippen molar-refractivity contribution in [2.75, 3.05) is 6.61 Å². The van der Waals surface area contributed by atoms with Gasteiger partial charge in [-0.25, -0.2) is 9.59 Å². The Morgan fingerprint density at radius 3 is 2.06 bits per heavy atom. The highest BCUT2D eigenvalue weighted by Crippen LogP contribution is 2.44. The van der Waals surface area contributed by atoms with Crippen molar-refractivity contribution in [3.8, 4) is 11.1 Å². The number of hydrogen-bond donors (Lipinski definition) is 3. The zero-order valence-electron chi connectivity index (χ0n) is 19.1. The van der Waals surface area contributed by atoms with Gasteiger partial charge in [0.15, 0.2) is 0 Å². The van der Waals surface area contributed by atoms with E-state index in [2.05, 4.69) is 22.8 Å². The molecule has 2 amide bonds. The van der Waals surface area contributed by atoms with Crippen LogP contribution in [0.4, 0.5) is 4.79 Å². The number of nitrogens with one attached hydrogen (secondary N) is 2. The highest BCUT2D eigenvalue weighted by atomic mass is 16.5. The number of amides is 2. The molecule has 7 heteroatoms. The smallest absolute Gasteiger partial charge is 0.407 e. The molecule has 2 atom stereocenters. The van der Waals surface area contributed by atoms with Crippen molar-refractivity contribution in [2.24, 2.45) is 0 Å². The summed E-state index contributed by atoms with van der Waals surface area (Å²) < 4.78 is 5.50. The zero-order valence-corrected chi connectivity index (χ0v) is 19.1. The summed E-state index contributed by atoms with van der Waals surface area (Å²) in [5.74, 6) is -1.77. The van der Waals surface area contributed by atoms with Crippen LogP contribution >= 0.6 is 0 Å². The summed E-state index contributed by atoms with van der Waals surface area (Å²) in [5, 5.41) is 14.4. The van der Waals surface area contributed by atoms with Crippen molar-refractivity contribution in [2.45, 2.75) is 51.6 Å². The number of aliphatic carboxylic acids is 1. The first-order valence-corrected chi connectivity index (χ1v) is 11.1. The van der Waals surface area contributed by atoms with Crippen molar-refractivity contribution in [1.82, 2.24) is 10.6 Å². The van der Waals surface area contributed by atoms with Crippen molar-refractivity contribution in [3.63, 3.8) is 0 Å². The molecule has 1 aliphatic carbocycles. The fourth-order valence-corrected chi connectivity index (χ4v) is 3.98.